The molecule has 0 aromatic carbocycles. The van der Waals surface area contributed by atoms with Crippen LogP contribution in [0.2, 0.25) is 0 Å². The highest BCUT2D eigenvalue weighted by atomic mass is 16.6. The summed E-state index contributed by atoms with van der Waals surface area (Å²) in [6, 6.07) is 0. The summed E-state index contributed by atoms with van der Waals surface area (Å²) in [4.78, 5) is 24.5. The van der Waals surface area contributed by atoms with Gasteiger partial charge in [-0.2, -0.15) is 0 Å². The fraction of sp³-hybridized carbons (Fsp3) is 0.846. The van der Waals surface area contributed by atoms with E-state index in [9.17, 15) is 19.8 Å². The maximum Gasteiger partial charge on any atom is 0.309 e. The number of aliphatic carboxylic acids is 1. The van der Waals surface area contributed by atoms with E-state index in [1.165, 1.54) is 12.7 Å². The van der Waals surface area contributed by atoms with Crippen LogP contribution in [0.3, 0.4) is 0 Å². The molecule has 5 aliphatic rings. The van der Waals surface area contributed by atoms with Gasteiger partial charge in [0, 0.05) is 29.8 Å². The van der Waals surface area contributed by atoms with Gasteiger partial charge in [-0.1, -0.05) is 25.5 Å². The SMILES string of the molecule is CCOC1C=C2C[C@@H](C(=O)OC)[C@H]3[C@@H]4CC[C@@](O)(CCC(=O)O)[C@@]4(C)C[C@H]4O[C@@]34[C@@]2(C)CC1. The minimum atomic E-state index is -1.06. The fourth-order valence-corrected chi connectivity index (χ4v) is 8.70. The Hall–Kier alpha value is -1.44. The average molecular weight is 463 g/mol. The van der Waals surface area contributed by atoms with Crippen LogP contribution in [0.25, 0.3) is 0 Å². The molecule has 9 atom stereocenters. The van der Waals surface area contributed by atoms with Crippen molar-refractivity contribution in [3.8, 4) is 0 Å². The normalized spacial score (nSPS) is 49.7. The highest BCUT2D eigenvalue weighted by Crippen LogP contribution is 2.77. The van der Waals surface area contributed by atoms with Crippen LogP contribution < -0.4 is 0 Å². The maximum absolute atomic E-state index is 13.2. The Balaban J connectivity index is 1.56. The Labute approximate surface area is 195 Å². The first-order valence-electron chi connectivity index (χ1n) is 12.6. The van der Waals surface area contributed by atoms with E-state index in [0.717, 1.165) is 19.3 Å². The molecular weight excluding hydrogens is 424 g/mol. The van der Waals surface area contributed by atoms with E-state index >= 15 is 0 Å². The number of aliphatic hydroxyl groups is 1. The lowest BCUT2D eigenvalue weighted by molar-refractivity contribution is -0.163. The zero-order valence-corrected chi connectivity index (χ0v) is 20.3. The first-order valence-corrected chi connectivity index (χ1v) is 12.6. The van der Waals surface area contributed by atoms with Crippen molar-refractivity contribution < 1.29 is 34.0 Å². The van der Waals surface area contributed by atoms with Gasteiger partial charge in [0.2, 0.25) is 0 Å². The Morgan fingerprint density at radius 1 is 1.24 bits per heavy atom. The number of fused-ring (bicyclic) bond motifs is 3. The molecular formula is C26H38O7. The van der Waals surface area contributed by atoms with Crippen LogP contribution in [0.4, 0.5) is 0 Å². The van der Waals surface area contributed by atoms with Crippen molar-refractivity contribution in [3.05, 3.63) is 11.6 Å². The molecule has 0 amide bonds. The number of epoxide rings is 1. The van der Waals surface area contributed by atoms with Crippen LogP contribution in [0.1, 0.15) is 72.1 Å². The van der Waals surface area contributed by atoms with Gasteiger partial charge < -0.3 is 24.4 Å². The fourth-order valence-electron chi connectivity index (χ4n) is 8.70. The average Bonchev–Trinajstić information content (AvgIpc) is 3.43. The van der Waals surface area contributed by atoms with Gasteiger partial charge in [-0.15, -0.1) is 0 Å². The summed E-state index contributed by atoms with van der Waals surface area (Å²) in [7, 11) is 1.45. The minimum Gasteiger partial charge on any atom is -0.481 e. The van der Waals surface area contributed by atoms with Crippen LogP contribution in [0, 0.1) is 28.6 Å². The highest BCUT2D eigenvalue weighted by molar-refractivity contribution is 5.74. The molecule has 4 aliphatic carbocycles. The Bertz CT molecular complexity index is 884. The van der Waals surface area contributed by atoms with Crippen molar-refractivity contribution in [2.45, 2.75) is 95.5 Å². The number of hydrogen-bond acceptors (Lipinski definition) is 6. The molecule has 0 aromatic rings. The molecule has 1 aliphatic heterocycles. The standard InChI is InChI=1S/C26H38O7/c1-5-32-16-6-9-23(2)15(12-16)13-17(22(29)31-4)21-18-7-10-25(30,11-8-20(27)28)24(18,3)14-19-26(21,23)33-19/h12,16-19,21,30H,5-11,13-14H2,1-4H3,(H,27,28)/t16?,17-,18+,19-,21+,23+,24+,25-,26-/m1/s1. The molecule has 7 heteroatoms. The molecule has 7 nitrogen and oxygen atoms in total. The van der Waals surface area contributed by atoms with E-state index < -0.39 is 22.6 Å². The molecule has 33 heavy (non-hydrogen) atoms. The van der Waals surface area contributed by atoms with Crippen molar-refractivity contribution in [1.82, 2.24) is 0 Å². The van der Waals surface area contributed by atoms with E-state index in [-0.39, 0.29) is 54.2 Å². The molecule has 1 spiro atoms. The Morgan fingerprint density at radius 3 is 2.67 bits per heavy atom. The quantitative estimate of drug-likeness (QED) is 0.354. The molecule has 0 aromatic heterocycles. The van der Waals surface area contributed by atoms with Gasteiger partial charge in [0.1, 0.15) is 5.60 Å². The third-order valence-corrected chi connectivity index (χ3v) is 10.4. The number of esters is 1. The lowest BCUT2D eigenvalue weighted by atomic mass is 9.43. The number of hydrogen-bond donors (Lipinski definition) is 2. The third-order valence-electron chi connectivity index (χ3n) is 10.4. The van der Waals surface area contributed by atoms with Crippen LogP contribution >= 0.6 is 0 Å². The molecule has 184 valence electrons. The highest BCUT2D eigenvalue weighted by Gasteiger charge is 2.82. The third kappa shape index (κ3) is 2.97. The van der Waals surface area contributed by atoms with Crippen LogP contribution in [0.5, 0.6) is 0 Å². The van der Waals surface area contributed by atoms with Gasteiger partial charge in [-0.25, -0.2) is 0 Å². The minimum absolute atomic E-state index is 0.0392. The summed E-state index contributed by atoms with van der Waals surface area (Å²) in [6.45, 7) is 7.07. The molecule has 3 saturated carbocycles. The molecule has 1 unspecified atom stereocenters. The van der Waals surface area contributed by atoms with E-state index in [2.05, 4.69) is 19.9 Å². The second kappa shape index (κ2) is 7.53. The topological polar surface area (TPSA) is 106 Å². The van der Waals surface area contributed by atoms with Crippen LogP contribution in [-0.2, 0) is 23.8 Å². The van der Waals surface area contributed by atoms with E-state index in [1.54, 1.807) is 0 Å². The van der Waals surface area contributed by atoms with Crippen molar-refractivity contribution >= 4 is 11.9 Å². The number of carbonyl (C=O) groups excluding carboxylic acids is 1. The summed E-state index contributed by atoms with van der Waals surface area (Å²) in [5.74, 6) is -1.38. The van der Waals surface area contributed by atoms with Gasteiger partial charge in [-0.3, -0.25) is 9.59 Å². The molecule has 5 rings (SSSR count). The van der Waals surface area contributed by atoms with Gasteiger partial charge in [0.15, 0.2) is 0 Å². The Kier molecular flexibility index (Phi) is 5.32. The van der Waals surface area contributed by atoms with Crippen LogP contribution in [0.15, 0.2) is 11.6 Å². The zero-order chi connectivity index (χ0) is 23.8. The summed E-state index contributed by atoms with van der Waals surface area (Å²) in [5.41, 5.74) is -0.870. The number of rotatable bonds is 6. The van der Waals surface area contributed by atoms with Gasteiger partial charge >= 0.3 is 11.9 Å². The van der Waals surface area contributed by atoms with Gasteiger partial charge in [0.05, 0.1) is 30.8 Å². The summed E-state index contributed by atoms with van der Waals surface area (Å²) < 4.78 is 17.9. The van der Waals surface area contributed by atoms with Crippen LogP contribution in [-0.4, -0.2) is 59.3 Å². The van der Waals surface area contributed by atoms with E-state index in [0.29, 0.717) is 25.9 Å². The summed E-state index contributed by atoms with van der Waals surface area (Å²) in [5, 5.41) is 21.0. The lowest BCUT2D eigenvalue weighted by Gasteiger charge is -2.59. The molecule has 1 heterocycles. The van der Waals surface area contributed by atoms with E-state index in [4.69, 9.17) is 14.2 Å². The molecule has 0 radical (unpaired) electrons. The molecule has 1 saturated heterocycles. The number of methoxy groups -OCH3 is 1. The zero-order valence-electron chi connectivity index (χ0n) is 20.3. The number of carboxylic acids is 1. The van der Waals surface area contributed by atoms with E-state index in [1.807, 2.05) is 6.92 Å². The summed E-state index contributed by atoms with van der Waals surface area (Å²) >= 11 is 0. The molecule has 0 bridgehead atoms. The maximum atomic E-state index is 13.2. The summed E-state index contributed by atoms with van der Waals surface area (Å²) in [6.07, 6.45) is 7.03. The smallest absolute Gasteiger partial charge is 0.309 e. The van der Waals surface area contributed by atoms with Crippen molar-refractivity contribution in [2.24, 2.45) is 28.6 Å². The first kappa shape index (κ1) is 23.3. The first-order chi connectivity index (χ1) is 15.6. The second-order valence-corrected chi connectivity index (χ2v) is 11.5. The molecule has 4 fully saturated rings. The van der Waals surface area contributed by atoms with Gasteiger partial charge in [-0.05, 0) is 57.8 Å². The predicted octanol–water partition coefficient (Wildman–Crippen LogP) is 3.48. The number of carboxylic acid groups (broad SMARTS) is 1. The van der Waals surface area contributed by atoms with Gasteiger partial charge in [0.25, 0.3) is 0 Å². The Morgan fingerprint density at radius 2 is 2.00 bits per heavy atom. The largest absolute Gasteiger partial charge is 0.481 e. The predicted molar refractivity (Wildman–Crippen MR) is 119 cm³/mol. The van der Waals surface area contributed by atoms with Crippen molar-refractivity contribution in [1.29, 1.82) is 0 Å². The molecule has 2 N–H and O–H groups in total. The second-order valence-electron chi connectivity index (χ2n) is 11.5. The lowest BCUT2D eigenvalue weighted by Crippen LogP contribution is -2.63. The van der Waals surface area contributed by atoms with Crippen molar-refractivity contribution in [3.63, 3.8) is 0 Å². The number of ether oxygens (including phenoxy) is 3. The van der Waals surface area contributed by atoms with Crippen molar-refractivity contribution in [2.75, 3.05) is 13.7 Å². The monoisotopic (exact) mass is 462 g/mol. The number of carbonyl (C=O) groups is 2.